The van der Waals surface area contributed by atoms with E-state index in [1.54, 1.807) is 6.92 Å². The Balaban J connectivity index is 4.67. The number of carbonyl (C=O) groups excluding carboxylic acids is 4. The van der Waals surface area contributed by atoms with Gasteiger partial charge in [0.25, 0.3) is 0 Å². The number of aliphatic hydroxyl groups is 2. The van der Waals surface area contributed by atoms with Gasteiger partial charge >= 0.3 is 0 Å². The Labute approximate surface area is 146 Å². The van der Waals surface area contributed by atoms with Crippen molar-refractivity contribution in [2.75, 3.05) is 13.2 Å². The number of nitrogens with two attached hydrogens (primary N) is 1. The Morgan fingerprint density at radius 1 is 1.16 bits per heavy atom. The maximum Gasteiger partial charge on any atom is 0.245 e. The summed E-state index contributed by atoms with van der Waals surface area (Å²) < 4.78 is 0. The molecule has 0 saturated heterocycles. The van der Waals surface area contributed by atoms with Crippen molar-refractivity contribution in [1.82, 2.24) is 16.0 Å². The van der Waals surface area contributed by atoms with Gasteiger partial charge in [0.15, 0.2) is 0 Å². The quantitative estimate of drug-likeness (QED) is 0.227. The summed E-state index contributed by atoms with van der Waals surface area (Å²) >= 11 is 0. The zero-order chi connectivity index (χ0) is 19.6. The van der Waals surface area contributed by atoms with E-state index in [9.17, 15) is 24.3 Å². The third kappa shape index (κ3) is 8.05. The van der Waals surface area contributed by atoms with Gasteiger partial charge in [-0.25, -0.2) is 0 Å². The molecule has 3 amide bonds. The third-order valence-corrected chi connectivity index (χ3v) is 3.71. The van der Waals surface area contributed by atoms with Crippen LogP contribution in [0.5, 0.6) is 0 Å². The predicted molar refractivity (Wildman–Crippen MR) is 88.8 cm³/mol. The Morgan fingerprint density at radius 3 is 2.20 bits per heavy atom. The minimum Gasteiger partial charge on any atom is -0.394 e. The molecular weight excluding hydrogens is 332 g/mol. The van der Waals surface area contributed by atoms with Crippen LogP contribution in [0.15, 0.2) is 0 Å². The highest BCUT2D eigenvalue weighted by atomic mass is 16.3. The monoisotopic (exact) mass is 359 g/mol. The van der Waals surface area contributed by atoms with Crippen LogP contribution in [0.25, 0.3) is 0 Å². The van der Waals surface area contributed by atoms with E-state index >= 15 is 0 Å². The van der Waals surface area contributed by atoms with Gasteiger partial charge in [-0.2, -0.15) is 0 Å². The summed E-state index contributed by atoms with van der Waals surface area (Å²) in [5.41, 5.74) is 5.78. The lowest BCUT2D eigenvalue weighted by atomic mass is 9.99. The standard InChI is InChI=1S/C15H27N4O6/c1-4-8(2)12(16)14(24)19-13(9(3)22)15(25)17-5-11(23)18-10(6-20)7-21/h8-10,12-13,20,22H,4-6,16H2,1-3H3,(H,17,25)(H,18,23)(H,19,24)/t8?,9-,10-,12?,13-/m0/s1. The molecule has 143 valence electrons. The highest BCUT2D eigenvalue weighted by Gasteiger charge is 2.29. The minimum absolute atomic E-state index is 0.113. The first-order valence-electron chi connectivity index (χ1n) is 7.97. The van der Waals surface area contributed by atoms with Gasteiger partial charge < -0.3 is 31.9 Å². The van der Waals surface area contributed by atoms with Gasteiger partial charge in [0.05, 0.1) is 25.3 Å². The highest BCUT2D eigenvalue weighted by molar-refractivity contribution is 5.92. The number of aliphatic hydroxyl groups excluding tert-OH is 2. The summed E-state index contributed by atoms with van der Waals surface area (Å²) in [6.45, 7) is 3.83. The number of carbonyl (C=O) groups is 3. The van der Waals surface area contributed by atoms with E-state index < -0.39 is 55.1 Å². The van der Waals surface area contributed by atoms with E-state index in [4.69, 9.17) is 10.8 Å². The van der Waals surface area contributed by atoms with Crippen molar-refractivity contribution in [3.05, 3.63) is 0 Å². The Kier molecular flexibility index (Phi) is 10.6. The van der Waals surface area contributed by atoms with Crippen LogP contribution in [0.1, 0.15) is 27.2 Å². The first kappa shape index (κ1) is 23.0. The molecule has 0 spiro atoms. The van der Waals surface area contributed by atoms with E-state index in [0.717, 1.165) is 0 Å². The summed E-state index contributed by atoms with van der Waals surface area (Å²) in [4.78, 5) is 46.1. The second-order valence-corrected chi connectivity index (χ2v) is 5.78. The molecule has 0 aromatic heterocycles. The Hall–Kier alpha value is -2.04. The van der Waals surface area contributed by atoms with Crippen molar-refractivity contribution in [2.45, 2.75) is 51.4 Å². The van der Waals surface area contributed by atoms with Gasteiger partial charge in [-0.3, -0.25) is 19.2 Å². The van der Waals surface area contributed by atoms with Crippen LogP contribution in [-0.2, 0) is 19.2 Å². The van der Waals surface area contributed by atoms with Gasteiger partial charge in [-0.15, -0.1) is 0 Å². The summed E-state index contributed by atoms with van der Waals surface area (Å²) in [6, 6.07) is -3.32. The molecule has 0 aliphatic rings. The second kappa shape index (κ2) is 11.5. The minimum atomic E-state index is -1.29. The van der Waals surface area contributed by atoms with E-state index in [1.807, 2.05) is 6.92 Å². The fraction of sp³-hybridized carbons (Fsp3) is 0.733. The van der Waals surface area contributed by atoms with Crippen molar-refractivity contribution < 1.29 is 29.4 Å². The molecule has 25 heavy (non-hydrogen) atoms. The normalized spacial score (nSPS) is 16.7. The molecule has 0 bridgehead atoms. The van der Waals surface area contributed by atoms with Gasteiger partial charge in [0.1, 0.15) is 12.1 Å². The molecule has 0 aliphatic heterocycles. The summed E-state index contributed by atoms with van der Waals surface area (Å²) in [5, 5.41) is 25.2. The third-order valence-electron chi connectivity index (χ3n) is 3.71. The van der Waals surface area contributed by atoms with Gasteiger partial charge in [-0.05, 0) is 12.8 Å². The highest BCUT2D eigenvalue weighted by Crippen LogP contribution is 2.06. The number of hydrogen-bond acceptors (Lipinski definition) is 7. The zero-order valence-corrected chi connectivity index (χ0v) is 14.6. The van der Waals surface area contributed by atoms with Crippen molar-refractivity contribution in [3.8, 4) is 0 Å². The van der Waals surface area contributed by atoms with Gasteiger partial charge in [-0.1, -0.05) is 20.3 Å². The largest absolute Gasteiger partial charge is 0.394 e. The molecule has 0 saturated carbocycles. The topological polar surface area (TPSA) is 171 Å². The van der Waals surface area contributed by atoms with Crippen molar-refractivity contribution in [3.63, 3.8) is 0 Å². The SMILES string of the molecule is CCC(C)C(N)C(=O)N[C@H](C(=O)NCC(=O)N[C@H]([C]=O)CO)[C@H](C)O. The lowest BCUT2D eigenvalue weighted by molar-refractivity contribution is -0.133. The second-order valence-electron chi connectivity index (χ2n) is 5.78. The fourth-order valence-corrected chi connectivity index (χ4v) is 1.80. The van der Waals surface area contributed by atoms with Crippen molar-refractivity contribution in [2.24, 2.45) is 11.7 Å². The van der Waals surface area contributed by atoms with Crippen LogP contribution in [-0.4, -0.2) is 71.6 Å². The van der Waals surface area contributed by atoms with Crippen LogP contribution in [0, 0.1) is 5.92 Å². The van der Waals surface area contributed by atoms with Crippen LogP contribution < -0.4 is 21.7 Å². The van der Waals surface area contributed by atoms with E-state index in [0.29, 0.717) is 6.42 Å². The maximum atomic E-state index is 12.1. The molecule has 0 aromatic rings. The fourth-order valence-electron chi connectivity index (χ4n) is 1.80. The van der Waals surface area contributed by atoms with E-state index in [-0.39, 0.29) is 5.92 Å². The van der Waals surface area contributed by atoms with E-state index in [2.05, 4.69) is 16.0 Å². The van der Waals surface area contributed by atoms with Crippen molar-refractivity contribution >= 4 is 24.0 Å². The number of nitrogens with one attached hydrogen (secondary N) is 3. The van der Waals surface area contributed by atoms with Crippen molar-refractivity contribution in [1.29, 1.82) is 0 Å². The molecule has 0 aliphatic carbocycles. The van der Waals surface area contributed by atoms with E-state index in [1.165, 1.54) is 13.2 Å². The maximum absolute atomic E-state index is 12.1. The summed E-state index contributed by atoms with van der Waals surface area (Å²) in [7, 11) is 0. The summed E-state index contributed by atoms with van der Waals surface area (Å²) in [6.07, 6.45) is 0.859. The van der Waals surface area contributed by atoms with Gasteiger partial charge in [0.2, 0.25) is 24.0 Å². The lowest BCUT2D eigenvalue weighted by Crippen LogP contribution is -2.57. The average Bonchev–Trinajstić information content (AvgIpc) is 2.59. The molecule has 1 radical (unpaired) electrons. The lowest BCUT2D eigenvalue weighted by Gasteiger charge is -2.24. The number of hydrogen-bond donors (Lipinski definition) is 6. The average molecular weight is 359 g/mol. The Morgan fingerprint density at radius 2 is 1.76 bits per heavy atom. The first-order chi connectivity index (χ1) is 11.7. The molecule has 0 rings (SSSR count). The molecule has 0 aromatic carbocycles. The number of rotatable bonds is 11. The Bertz CT molecular complexity index is 471. The van der Waals surface area contributed by atoms with Crippen LogP contribution in [0.2, 0.25) is 0 Å². The molecule has 0 fully saturated rings. The molecule has 10 nitrogen and oxygen atoms in total. The molecular formula is C15H27N4O6. The van der Waals surface area contributed by atoms with Crippen LogP contribution >= 0.6 is 0 Å². The van der Waals surface area contributed by atoms with Gasteiger partial charge in [0, 0.05) is 0 Å². The molecule has 5 atom stereocenters. The predicted octanol–water partition coefficient (Wildman–Crippen LogP) is -3.07. The molecule has 10 heteroatoms. The number of amides is 3. The van der Waals surface area contributed by atoms with Crippen LogP contribution in [0.3, 0.4) is 0 Å². The zero-order valence-electron chi connectivity index (χ0n) is 14.6. The molecule has 7 N–H and O–H groups in total. The molecule has 2 unspecified atom stereocenters. The smallest absolute Gasteiger partial charge is 0.245 e. The molecule has 0 heterocycles. The first-order valence-corrected chi connectivity index (χ1v) is 7.97. The summed E-state index contributed by atoms with van der Waals surface area (Å²) in [5.74, 6) is -2.22. The van der Waals surface area contributed by atoms with Crippen LogP contribution in [0.4, 0.5) is 0 Å².